The quantitative estimate of drug-likeness (QED) is 0.0651. The summed E-state index contributed by atoms with van der Waals surface area (Å²) >= 11 is 1.65. The number of benzene rings is 4. The number of fused-ring (bicyclic) bond motifs is 3. The van der Waals surface area contributed by atoms with Crippen LogP contribution in [0.3, 0.4) is 0 Å². The Bertz CT molecular complexity index is 3170. The van der Waals surface area contributed by atoms with Gasteiger partial charge in [0.05, 0.1) is 27.1 Å². The summed E-state index contributed by atoms with van der Waals surface area (Å²) in [7, 11) is 3.96. The first-order valence-electron chi connectivity index (χ1n) is 26.5. The Hall–Kier alpha value is -6.75. The average Bonchev–Trinajstić information content (AvgIpc) is 4.11. The van der Waals surface area contributed by atoms with E-state index in [0.29, 0.717) is 5.41 Å². The highest BCUT2D eigenvalue weighted by atomic mass is 32.1. The Labute approximate surface area is 437 Å². The van der Waals surface area contributed by atoms with E-state index in [4.69, 9.17) is 15.1 Å². The van der Waals surface area contributed by atoms with Crippen molar-refractivity contribution in [2.24, 2.45) is 18.4 Å². The number of pyridine rings is 1. The molecule has 3 aromatic heterocycles. The number of aryl methyl sites for hydroxylation is 2. The number of likely N-dealkylation sites (tertiary alicyclic amines) is 1. The number of thiazole rings is 1. The lowest BCUT2D eigenvalue weighted by Gasteiger charge is -2.40. The van der Waals surface area contributed by atoms with Gasteiger partial charge in [0, 0.05) is 78.9 Å². The minimum atomic E-state index is 0.126. The topological polar surface area (TPSA) is 86.2 Å². The molecule has 5 heterocycles. The van der Waals surface area contributed by atoms with E-state index in [1.165, 1.54) is 72.8 Å². The molecular weight excluding hydrogens is 915 g/mol. The Kier molecular flexibility index (Phi) is 14.9. The zero-order valence-corrected chi connectivity index (χ0v) is 44.2. The molecule has 2 unspecified atom stereocenters. The van der Waals surface area contributed by atoms with Crippen LogP contribution in [0.4, 0.5) is 16.6 Å². The number of hydrogen-bond acceptors (Lipinski definition) is 9. The highest BCUT2D eigenvalue weighted by Gasteiger charge is 2.41. The van der Waals surface area contributed by atoms with Crippen LogP contribution in [-0.4, -0.2) is 57.9 Å². The number of piperidine rings is 1. The maximum Gasteiger partial charge on any atom is 0.188 e. The molecule has 10 heteroatoms. The van der Waals surface area contributed by atoms with Crippen molar-refractivity contribution in [2.45, 2.75) is 90.0 Å². The lowest BCUT2D eigenvalue weighted by Crippen LogP contribution is -2.40. The van der Waals surface area contributed by atoms with Crippen molar-refractivity contribution in [3.05, 3.63) is 181 Å². The number of aromatic nitrogens is 4. The average molecular weight is 988 g/mol. The van der Waals surface area contributed by atoms with E-state index in [0.717, 1.165) is 142 Å². The predicted molar refractivity (Wildman–Crippen MR) is 310 cm³/mol. The molecule has 0 radical (unpaired) electrons. The number of para-hydroxylation sites is 1. The Morgan fingerprint density at radius 1 is 0.904 bits per heavy atom. The number of rotatable bonds is 20. The fraction of sp³-hybridized carbons (Fsp3) is 0.349. The molecule has 10 rings (SSSR count). The molecule has 73 heavy (non-hydrogen) atoms. The van der Waals surface area contributed by atoms with E-state index in [2.05, 4.69) is 150 Å². The summed E-state index contributed by atoms with van der Waals surface area (Å²) in [5, 5.41) is 17.4. The van der Waals surface area contributed by atoms with Crippen LogP contribution in [-0.2, 0) is 26.4 Å². The van der Waals surface area contributed by atoms with Crippen LogP contribution in [0.15, 0.2) is 141 Å². The molecule has 1 aliphatic carbocycles. The van der Waals surface area contributed by atoms with E-state index in [1.807, 2.05) is 37.0 Å². The molecule has 9 nitrogen and oxygen atoms in total. The molecule has 1 saturated carbocycles. The van der Waals surface area contributed by atoms with Gasteiger partial charge in [0.2, 0.25) is 0 Å². The molecule has 1 spiro atoms. The number of hydrogen-bond donors (Lipinski definition) is 3. The molecule has 3 N–H and O–H groups in total. The Morgan fingerprint density at radius 2 is 1.74 bits per heavy atom. The molecule has 1 saturated heterocycles. The van der Waals surface area contributed by atoms with Gasteiger partial charge in [-0.05, 0) is 172 Å². The van der Waals surface area contributed by atoms with Crippen molar-refractivity contribution in [2.75, 3.05) is 48.8 Å². The maximum atomic E-state index is 5.27. The van der Waals surface area contributed by atoms with E-state index in [9.17, 15) is 0 Å². The monoisotopic (exact) mass is 988 g/mol. The highest BCUT2D eigenvalue weighted by molar-refractivity contribution is 7.22. The van der Waals surface area contributed by atoms with E-state index in [-0.39, 0.29) is 5.92 Å². The molecule has 0 amide bonds. The Balaban J connectivity index is 0.708. The lowest BCUT2D eigenvalue weighted by molar-refractivity contribution is 0.111. The van der Waals surface area contributed by atoms with Crippen molar-refractivity contribution in [3.8, 4) is 11.1 Å². The van der Waals surface area contributed by atoms with Crippen molar-refractivity contribution < 1.29 is 0 Å². The van der Waals surface area contributed by atoms with Crippen LogP contribution in [0.25, 0.3) is 44.0 Å². The van der Waals surface area contributed by atoms with Crippen molar-refractivity contribution >= 4 is 60.9 Å². The number of nitrogens with one attached hydrogen (secondary N) is 3. The molecule has 0 bridgehead atoms. The molecular formula is C63H73N9S. The molecule has 7 aromatic rings. The van der Waals surface area contributed by atoms with Gasteiger partial charge in [0.15, 0.2) is 5.13 Å². The van der Waals surface area contributed by atoms with Gasteiger partial charge < -0.3 is 20.9 Å². The maximum absolute atomic E-state index is 5.27. The van der Waals surface area contributed by atoms with Gasteiger partial charge in [-0.3, -0.25) is 9.58 Å². The zero-order chi connectivity index (χ0) is 50.6. The summed E-state index contributed by atoms with van der Waals surface area (Å²) < 4.78 is 3.15. The van der Waals surface area contributed by atoms with Crippen molar-refractivity contribution in [1.82, 2.24) is 30.0 Å². The van der Waals surface area contributed by atoms with Crippen LogP contribution < -0.4 is 20.9 Å². The lowest BCUT2D eigenvalue weighted by atomic mass is 9.76. The number of likely N-dealkylation sites (N-methyl/N-ethyl adjacent to an activating group) is 1. The predicted octanol–water partition coefficient (Wildman–Crippen LogP) is 14.5. The number of nitrogens with zero attached hydrogens (tertiary/aromatic N) is 6. The highest BCUT2D eigenvalue weighted by Crippen LogP contribution is 2.50. The molecule has 2 fully saturated rings. The minimum Gasteiger partial charge on any atom is -0.391 e. The normalized spacial score (nSPS) is 16.9. The van der Waals surface area contributed by atoms with Gasteiger partial charge in [-0.25, -0.2) is 9.97 Å². The van der Waals surface area contributed by atoms with E-state index >= 15 is 0 Å². The van der Waals surface area contributed by atoms with E-state index in [1.54, 1.807) is 11.3 Å². The van der Waals surface area contributed by atoms with Crippen LogP contribution in [0.1, 0.15) is 103 Å². The third kappa shape index (κ3) is 10.7. The van der Waals surface area contributed by atoms with Gasteiger partial charge in [0.1, 0.15) is 5.82 Å². The SMILES string of the molecule is C=CCCC(C(=C)NC)c1nn(C)c2cc(NC(=C)CN3CCC4(CCC(CCCc5cccc(-c6ccc(N7CCc8cccc(C(=C)Nc9nc%10ccccc%10s9)c8C7)nc6C=C)c5C)C4)CC3)ccc12. The summed E-state index contributed by atoms with van der Waals surface area (Å²) in [6.07, 6.45) is 17.0. The minimum absolute atomic E-state index is 0.126. The first-order chi connectivity index (χ1) is 35.5. The van der Waals surface area contributed by atoms with Crippen molar-refractivity contribution in [3.63, 3.8) is 0 Å². The first kappa shape index (κ1) is 49.8. The summed E-state index contributed by atoms with van der Waals surface area (Å²) in [4.78, 5) is 15.1. The van der Waals surface area contributed by atoms with E-state index < -0.39 is 0 Å². The molecule has 3 aliphatic rings. The van der Waals surface area contributed by atoms with Gasteiger partial charge >= 0.3 is 0 Å². The summed E-state index contributed by atoms with van der Waals surface area (Å²) in [6.45, 7) is 28.5. The largest absolute Gasteiger partial charge is 0.391 e. The van der Waals surface area contributed by atoms with Gasteiger partial charge in [-0.15, -0.1) is 6.58 Å². The Morgan fingerprint density at radius 3 is 2.55 bits per heavy atom. The summed E-state index contributed by atoms with van der Waals surface area (Å²) in [6, 6.07) is 32.7. The molecule has 2 atom stereocenters. The zero-order valence-electron chi connectivity index (χ0n) is 43.4. The van der Waals surface area contributed by atoms with Crippen LogP contribution in [0.2, 0.25) is 0 Å². The fourth-order valence-corrected chi connectivity index (χ4v) is 13.2. The molecule has 2 aliphatic heterocycles. The number of allylic oxidation sites excluding steroid dienone is 2. The standard InChI is InChI=1S/C63H73N9S/c1-9-11-21-52(44(5)64-7)61-54-27-26-49(38-58(54)70(8)69-61)65-42(3)40-71-36-33-63(34-37-71)32-30-46(39-63)17-14-18-47-19-15-22-50(43(47)4)53-28-29-60(67-56(53)10-2)72-35-31-48-20-16-23-51(55(48)41-72)45(6)66-62-68-57-24-12-13-25-59(57)73-62/h9-10,12-13,15-16,19-20,22-29,38,46,52,64-65H,1-3,5-6,11,14,17-18,21,30-37,39-41H2,4,7-8H3,(H,66,68). The van der Waals surface area contributed by atoms with Gasteiger partial charge in [-0.2, -0.15) is 5.10 Å². The second kappa shape index (κ2) is 21.8. The second-order valence-corrected chi connectivity index (χ2v) is 22.1. The molecule has 4 aromatic carbocycles. The smallest absolute Gasteiger partial charge is 0.188 e. The van der Waals surface area contributed by atoms with Crippen LogP contribution >= 0.6 is 11.3 Å². The molecule has 376 valence electrons. The third-order valence-corrected chi connectivity index (χ3v) is 17.4. The second-order valence-electron chi connectivity index (χ2n) is 21.0. The van der Waals surface area contributed by atoms with Gasteiger partial charge in [0.25, 0.3) is 0 Å². The summed E-state index contributed by atoms with van der Waals surface area (Å²) in [5.41, 5.74) is 17.5. The van der Waals surface area contributed by atoms with Crippen LogP contribution in [0.5, 0.6) is 0 Å². The van der Waals surface area contributed by atoms with Gasteiger partial charge in [-0.1, -0.05) is 98.7 Å². The number of anilines is 3. The van der Waals surface area contributed by atoms with Crippen molar-refractivity contribution in [1.29, 1.82) is 0 Å². The third-order valence-electron chi connectivity index (χ3n) is 16.4. The summed E-state index contributed by atoms with van der Waals surface area (Å²) in [5.74, 6) is 1.92. The first-order valence-corrected chi connectivity index (χ1v) is 27.3. The fourth-order valence-electron chi connectivity index (χ4n) is 12.3. The van der Waals surface area contributed by atoms with Crippen LogP contribution in [0, 0.1) is 18.3 Å².